The average molecular weight is 428 g/mol. The van der Waals surface area contributed by atoms with Gasteiger partial charge in [-0.3, -0.25) is 4.79 Å². The Balaban J connectivity index is 1.36. The van der Waals surface area contributed by atoms with Crippen LogP contribution in [0.2, 0.25) is 0 Å². The molecule has 1 amide bonds. The van der Waals surface area contributed by atoms with Crippen molar-refractivity contribution in [1.29, 1.82) is 0 Å². The van der Waals surface area contributed by atoms with Crippen LogP contribution in [0.3, 0.4) is 0 Å². The summed E-state index contributed by atoms with van der Waals surface area (Å²) in [5.74, 6) is 2.19. The van der Waals surface area contributed by atoms with Gasteiger partial charge in [-0.25, -0.2) is 0 Å². The summed E-state index contributed by atoms with van der Waals surface area (Å²) in [4.78, 5) is 12.6. The molecule has 4 rings (SSSR count). The monoisotopic (exact) mass is 427 g/mol. The molecule has 0 bridgehead atoms. The number of hydrogen-bond acceptors (Lipinski definition) is 4. The van der Waals surface area contributed by atoms with Crippen LogP contribution >= 0.6 is 0 Å². The van der Waals surface area contributed by atoms with Crippen LogP contribution in [0, 0.1) is 6.92 Å². The molecule has 0 unspecified atom stereocenters. The number of methoxy groups -OCH3 is 1. The minimum absolute atomic E-state index is 0.266. The Labute approximate surface area is 187 Å². The van der Waals surface area contributed by atoms with Crippen LogP contribution in [0.15, 0.2) is 89.3 Å². The van der Waals surface area contributed by atoms with Crippen LogP contribution < -0.4 is 14.8 Å². The van der Waals surface area contributed by atoms with E-state index in [9.17, 15) is 4.79 Å². The first-order valence-electron chi connectivity index (χ1n) is 10.4. The molecule has 1 N–H and O–H groups in total. The first-order valence-corrected chi connectivity index (χ1v) is 10.4. The van der Waals surface area contributed by atoms with E-state index >= 15 is 0 Å². The Kier molecular flexibility index (Phi) is 6.56. The van der Waals surface area contributed by atoms with Gasteiger partial charge in [-0.2, -0.15) is 0 Å². The van der Waals surface area contributed by atoms with E-state index in [1.165, 1.54) is 0 Å². The molecule has 0 saturated heterocycles. The van der Waals surface area contributed by atoms with Crippen LogP contribution in [0.25, 0.3) is 11.3 Å². The molecule has 32 heavy (non-hydrogen) atoms. The number of rotatable bonds is 8. The van der Waals surface area contributed by atoms with Gasteiger partial charge >= 0.3 is 0 Å². The smallest absolute Gasteiger partial charge is 0.287 e. The summed E-state index contributed by atoms with van der Waals surface area (Å²) in [6.45, 7) is 2.85. The highest BCUT2D eigenvalue weighted by Gasteiger charge is 2.14. The lowest BCUT2D eigenvalue weighted by Gasteiger charge is -2.09. The van der Waals surface area contributed by atoms with Crippen LogP contribution in [-0.4, -0.2) is 13.0 Å². The molecule has 0 aliphatic rings. The fourth-order valence-electron chi connectivity index (χ4n) is 3.40. The first kappa shape index (κ1) is 21.2. The van der Waals surface area contributed by atoms with Crippen molar-refractivity contribution in [2.75, 3.05) is 7.11 Å². The Morgan fingerprint density at radius 1 is 0.875 bits per heavy atom. The van der Waals surface area contributed by atoms with Crippen LogP contribution in [-0.2, 0) is 13.2 Å². The van der Waals surface area contributed by atoms with E-state index in [4.69, 9.17) is 13.9 Å². The van der Waals surface area contributed by atoms with E-state index in [0.717, 1.165) is 33.8 Å². The zero-order valence-corrected chi connectivity index (χ0v) is 18.1. The summed E-state index contributed by atoms with van der Waals surface area (Å²) in [6.07, 6.45) is 0. The summed E-state index contributed by atoms with van der Waals surface area (Å²) >= 11 is 0. The van der Waals surface area contributed by atoms with E-state index in [1.807, 2.05) is 85.8 Å². The number of furan rings is 1. The molecule has 0 aliphatic heterocycles. The Hall–Kier alpha value is -3.99. The van der Waals surface area contributed by atoms with Crippen molar-refractivity contribution >= 4 is 5.91 Å². The fourth-order valence-corrected chi connectivity index (χ4v) is 3.40. The highest BCUT2D eigenvalue weighted by molar-refractivity contribution is 5.92. The predicted molar refractivity (Wildman–Crippen MR) is 124 cm³/mol. The first-order chi connectivity index (χ1) is 15.6. The number of aryl methyl sites for hydroxylation is 1. The largest absolute Gasteiger partial charge is 0.497 e. The second kappa shape index (κ2) is 9.88. The van der Waals surface area contributed by atoms with Gasteiger partial charge in [0.1, 0.15) is 23.9 Å². The van der Waals surface area contributed by atoms with Crippen molar-refractivity contribution in [2.45, 2.75) is 20.1 Å². The average Bonchev–Trinajstić information content (AvgIpc) is 3.32. The normalized spacial score (nSPS) is 10.6. The highest BCUT2D eigenvalue weighted by atomic mass is 16.5. The SMILES string of the molecule is COc1ccc(-c2ccc(C(=O)NCc3cccc(OCc4ccccc4)c3)o2)c(C)c1. The van der Waals surface area contributed by atoms with Gasteiger partial charge < -0.3 is 19.2 Å². The van der Waals surface area contributed by atoms with Crippen molar-refractivity contribution in [3.63, 3.8) is 0 Å². The third-order valence-electron chi connectivity index (χ3n) is 5.13. The van der Waals surface area contributed by atoms with Crippen molar-refractivity contribution in [1.82, 2.24) is 5.32 Å². The van der Waals surface area contributed by atoms with E-state index in [0.29, 0.717) is 18.9 Å². The molecule has 1 aromatic heterocycles. The van der Waals surface area contributed by atoms with Crippen molar-refractivity contribution in [3.8, 4) is 22.8 Å². The van der Waals surface area contributed by atoms with Crippen molar-refractivity contribution < 1.29 is 18.7 Å². The minimum atomic E-state index is -0.266. The van der Waals surface area contributed by atoms with Gasteiger partial charge in [0.25, 0.3) is 5.91 Å². The number of carbonyl (C=O) groups is 1. The number of benzene rings is 3. The minimum Gasteiger partial charge on any atom is -0.497 e. The second-order valence-electron chi connectivity index (χ2n) is 7.45. The van der Waals surface area contributed by atoms with Crippen molar-refractivity contribution in [3.05, 3.63) is 107 Å². The second-order valence-corrected chi connectivity index (χ2v) is 7.45. The molecule has 0 spiro atoms. The molecule has 0 aliphatic carbocycles. The van der Waals surface area contributed by atoms with Crippen molar-refractivity contribution in [2.24, 2.45) is 0 Å². The third kappa shape index (κ3) is 5.19. The Bertz CT molecular complexity index is 1200. The summed E-state index contributed by atoms with van der Waals surface area (Å²) < 4.78 is 16.9. The molecule has 0 radical (unpaired) electrons. The van der Waals surface area contributed by atoms with Gasteiger partial charge in [-0.05, 0) is 66.1 Å². The number of hydrogen-bond donors (Lipinski definition) is 1. The molecule has 3 aromatic carbocycles. The lowest BCUT2D eigenvalue weighted by atomic mass is 10.1. The van der Waals surface area contributed by atoms with E-state index in [2.05, 4.69) is 5.32 Å². The Morgan fingerprint density at radius 2 is 1.69 bits per heavy atom. The fraction of sp³-hybridized carbons (Fsp3) is 0.148. The van der Waals surface area contributed by atoms with Gasteiger partial charge in [-0.15, -0.1) is 0 Å². The van der Waals surface area contributed by atoms with Crippen LogP contribution in [0.4, 0.5) is 0 Å². The summed E-state index contributed by atoms with van der Waals surface area (Å²) in [7, 11) is 1.63. The summed E-state index contributed by atoms with van der Waals surface area (Å²) in [5.41, 5.74) is 3.99. The quantitative estimate of drug-likeness (QED) is 0.388. The van der Waals surface area contributed by atoms with Crippen LogP contribution in [0.5, 0.6) is 11.5 Å². The predicted octanol–water partition coefficient (Wildman–Crippen LogP) is 5.77. The molecule has 4 aromatic rings. The molecule has 1 heterocycles. The molecule has 0 fully saturated rings. The van der Waals surface area contributed by atoms with Crippen LogP contribution in [0.1, 0.15) is 27.2 Å². The molecular formula is C27H25NO4. The molecule has 5 heteroatoms. The highest BCUT2D eigenvalue weighted by Crippen LogP contribution is 2.28. The molecule has 0 atom stereocenters. The third-order valence-corrected chi connectivity index (χ3v) is 5.13. The maximum Gasteiger partial charge on any atom is 0.287 e. The number of ether oxygens (including phenoxy) is 2. The van der Waals surface area contributed by atoms with Gasteiger partial charge in [0.2, 0.25) is 0 Å². The van der Waals surface area contributed by atoms with E-state index in [-0.39, 0.29) is 11.7 Å². The summed E-state index contributed by atoms with van der Waals surface area (Å²) in [6, 6.07) is 26.9. The van der Waals surface area contributed by atoms with E-state index in [1.54, 1.807) is 13.2 Å². The van der Waals surface area contributed by atoms with Gasteiger partial charge in [0.15, 0.2) is 5.76 Å². The Morgan fingerprint density at radius 3 is 2.47 bits per heavy atom. The van der Waals surface area contributed by atoms with Gasteiger partial charge in [-0.1, -0.05) is 42.5 Å². The molecule has 162 valence electrons. The maximum absolute atomic E-state index is 12.6. The molecule has 5 nitrogen and oxygen atoms in total. The molecular weight excluding hydrogens is 402 g/mol. The zero-order chi connectivity index (χ0) is 22.3. The van der Waals surface area contributed by atoms with Gasteiger partial charge in [0, 0.05) is 12.1 Å². The standard InChI is InChI=1S/C27H25NO4/c1-19-15-22(30-2)11-12-24(19)25-13-14-26(32-25)27(29)28-17-21-9-6-10-23(16-21)31-18-20-7-4-3-5-8-20/h3-16H,17-18H2,1-2H3,(H,28,29). The number of nitrogens with one attached hydrogen (secondary N) is 1. The lowest BCUT2D eigenvalue weighted by Crippen LogP contribution is -2.22. The lowest BCUT2D eigenvalue weighted by molar-refractivity contribution is 0.0924. The van der Waals surface area contributed by atoms with E-state index < -0.39 is 0 Å². The summed E-state index contributed by atoms with van der Waals surface area (Å²) in [5, 5.41) is 2.91. The zero-order valence-electron chi connectivity index (χ0n) is 18.1. The van der Waals surface area contributed by atoms with Gasteiger partial charge in [0.05, 0.1) is 7.11 Å². The molecule has 0 saturated carbocycles. The number of amides is 1. The maximum atomic E-state index is 12.6. The number of carbonyl (C=O) groups excluding carboxylic acids is 1. The topological polar surface area (TPSA) is 60.7 Å².